The summed E-state index contributed by atoms with van der Waals surface area (Å²) in [4.78, 5) is 12.3. The molecule has 0 unspecified atom stereocenters. The average Bonchev–Trinajstić information content (AvgIpc) is 2.98. The number of aryl methyl sites for hydroxylation is 2. The van der Waals surface area contributed by atoms with Crippen molar-refractivity contribution in [2.24, 2.45) is 0 Å². The summed E-state index contributed by atoms with van der Waals surface area (Å²) in [6, 6.07) is 16.7. The Hall–Kier alpha value is -3.08. The first-order chi connectivity index (χ1) is 12.1. The average molecular weight is 336 g/mol. The van der Waals surface area contributed by atoms with Crippen LogP contribution in [-0.4, -0.2) is 22.9 Å². The van der Waals surface area contributed by atoms with Gasteiger partial charge in [-0.05, 0) is 50.2 Å². The summed E-state index contributed by atoms with van der Waals surface area (Å²) >= 11 is 0. The van der Waals surface area contributed by atoms with E-state index in [1.807, 2.05) is 61.0 Å². The van der Waals surface area contributed by atoms with Crippen LogP contribution in [0.2, 0.25) is 0 Å². The highest BCUT2D eigenvalue weighted by Gasteiger charge is 2.10. The zero-order chi connectivity index (χ0) is 17.8. The number of carbonyl (C=O) groups excluding carboxylic acids is 1. The minimum Gasteiger partial charge on any atom is -0.496 e. The van der Waals surface area contributed by atoms with Crippen LogP contribution in [0.1, 0.15) is 27.3 Å². The molecule has 0 N–H and O–H groups in total. The van der Waals surface area contributed by atoms with Crippen molar-refractivity contribution in [3.05, 3.63) is 77.1 Å². The molecule has 0 radical (unpaired) electrons. The number of carbonyl (C=O) groups is 1. The van der Waals surface area contributed by atoms with Gasteiger partial charge in [0.05, 0.1) is 24.1 Å². The van der Waals surface area contributed by atoms with Gasteiger partial charge in [-0.25, -0.2) is 9.48 Å². The first-order valence-corrected chi connectivity index (χ1v) is 8.01. The Bertz CT molecular complexity index is 882. The second-order valence-corrected chi connectivity index (χ2v) is 5.77. The molecule has 5 nitrogen and oxygen atoms in total. The van der Waals surface area contributed by atoms with Gasteiger partial charge in [0, 0.05) is 11.3 Å². The fraction of sp³-hybridized carbons (Fsp3) is 0.200. The maximum absolute atomic E-state index is 12.3. The van der Waals surface area contributed by atoms with Gasteiger partial charge in [0.25, 0.3) is 0 Å². The third kappa shape index (κ3) is 3.71. The van der Waals surface area contributed by atoms with Gasteiger partial charge in [-0.3, -0.25) is 0 Å². The SMILES string of the molecule is COc1ccccc1COC(=O)c1ccc(-n2nc(C)cc2C)cc1. The molecule has 0 saturated carbocycles. The number of benzene rings is 2. The predicted octanol–water partition coefficient (Wildman–Crippen LogP) is 3.85. The molecule has 25 heavy (non-hydrogen) atoms. The summed E-state index contributed by atoms with van der Waals surface area (Å²) in [6.45, 7) is 4.12. The van der Waals surface area contributed by atoms with Gasteiger partial charge in [0.1, 0.15) is 12.4 Å². The van der Waals surface area contributed by atoms with E-state index >= 15 is 0 Å². The van der Waals surface area contributed by atoms with E-state index in [1.54, 1.807) is 19.2 Å². The molecule has 0 amide bonds. The van der Waals surface area contributed by atoms with Crippen LogP contribution in [0.3, 0.4) is 0 Å². The summed E-state index contributed by atoms with van der Waals surface area (Å²) in [5.41, 5.74) is 4.24. The molecule has 0 aliphatic heterocycles. The van der Waals surface area contributed by atoms with Crippen molar-refractivity contribution in [3.63, 3.8) is 0 Å². The predicted molar refractivity (Wildman–Crippen MR) is 95.2 cm³/mol. The van der Waals surface area contributed by atoms with E-state index in [9.17, 15) is 4.79 Å². The van der Waals surface area contributed by atoms with Gasteiger partial charge in [0.15, 0.2) is 0 Å². The van der Waals surface area contributed by atoms with E-state index in [4.69, 9.17) is 9.47 Å². The smallest absolute Gasteiger partial charge is 0.338 e. The monoisotopic (exact) mass is 336 g/mol. The summed E-state index contributed by atoms with van der Waals surface area (Å²) in [5.74, 6) is 0.334. The number of nitrogens with zero attached hydrogens (tertiary/aromatic N) is 2. The van der Waals surface area contributed by atoms with E-state index in [0.717, 1.165) is 22.6 Å². The molecule has 0 fully saturated rings. The van der Waals surface area contributed by atoms with Gasteiger partial charge < -0.3 is 9.47 Å². The molecule has 0 aliphatic rings. The van der Waals surface area contributed by atoms with Gasteiger partial charge in [-0.2, -0.15) is 5.10 Å². The summed E-state index contributed by atoms with van der Waals surface area (Å²) < 4.78 is 12.5. The van der Waals surface area contributed by atoms with Gasteiger partial charge >= 0.3 is 5.97 Å². The topological polar surface area (TPSA) is 53.4 Å². The Morgan fingerprint density at radius 3 is 2.44 bits per heavy atom. The first-order valence-electron chi connectivity index (χ1n) is 8.01. The van der Waals surface area contributed by atoms with Crippen LogP contribution in [0.15, 0.2) is 54.6 Å². The Labute approximate surface area is 146 Å². The summed E-state index contributed by atoms with van der Waals surface area (Å²) in [6.07, 6.45) is 0. The molecule has 0 saturated heterocycles. The molecule has 128 valence electrons. The zero-order valence-electron chi connectivity index (χ0n) is 14.5. The van der Waals surface area contributed by atoms with Crippen LogP contribution in [-0.2, 0) is 11.3 Å². The molecule has 3 rings (SSSR count). The van der Waals surface area contributed by atoms with Crippen molar-refractivity contribution >= 4 is 5.97 Å². The first kappa shape index (κ1) is 16.8. The summed E-state index contributed by atoms with van der Waals surface area (Å²) in [7, 11) is 1.60. The third-order valence-corrected chi connectivity index (χ3v) is 3.91. The van der Waals surface area contributed by atoms with Crippen molar-refractivity contribution in [2.75, 3.05) is 7.11 Å². The number of hydrogen-bond donors (Lipinski definition) is 0. The lowest BCUT2D eigenvalue weighted by Gasteiger charge is -2.09. The maximum atomic E-state index is 12.3. The molecule has 0 bridgehead atoms. The minimum atomic E-state index is -0.370. The molecule has 1 aromatic heterocycles. The van der Waals surface area contributed by atoms with Crippen LogP contribution < -0.4 is 4.74 Å². The van der Waals surface area contributed by atoms with Crippen molar-refractivity contribution in [1.82, 2.24) is 9.78 Å². The van der Waals surface area contributed by atoms with E-state index < -0.39 is 0 Å². The zero-order valence-corrected chi connectivity index (χ0v) is 14.5. The maximum Gasteiger partial charge on any atom is 0.338 e. The molecule has 1 heterocycles. The van der Waals surface area contributed by atoms with Crippen LogP contribution in [0.25, 0.3) is 5.69 Å². The number of aromatic nitrogens is 2. The van der Waals surface area contributed by atoms with E-state index in [1.165, 1.54) is 0 Å². The fourth-order valence-corrected chi connectivity index (χ4v) is 2.68. The van der Waals surface area contributed by atoms with E-state index in [-0.39, 0.29) is 12.6 Å². The van der Waals surface area contributed by atoms with Crippen molar-refractivity contribution in [3.8, 4) is 11.4 Å². The van der Waals surface area contributed by atoms with Crippen molar-refractivity contribution < 1.29 is 14.3 Å². The van der Waals surface area contributed by atoms with Crippen molar-refractivity contribution in [1.29, 1.82) is 0 Å². The molecule has 3 aromatic rings. The number of hydrogen-bond acceptors (Lipinski definition) is 4. The van der Waals surface area contributed by atoms with E-state index in [0.29, 0.717) is 11.3 Å². The largest absolute Gasteiger partial charge is 0.496 e. The minimum absolute atomic E-state index is 0.169. The van der Waals surface area contributed by atoms with Gasteiger partial charge in [-0.1, -0.05) is 18.2 Å². The highest BCUT2D eigenvalue weighted by Crippen LogP contribution is 2.19. The standard InChI is InChI=1S/C20H20N2O3/c1-14-12-15(2)22(21-14)18-10-8-16(9-11-18)20(23)25-13-17-6-4-5-7-19(17)24-3/h4-12H,13H2,1-3H3. The van der Waals surface area contributed by atoms with Crippen LogP contribution in [0.4, 0.5) is 0 Å². The molecular formula is C20H20N2O3. The van der Waals surface area contributed by atoms with Crippen molar-refractivity contribution in [2.45, 2.75) is 20.5 Å². The molecule has 0 atom stereocenters. The quantitative estimate of drug-likeness (QED) is 0.664. The molecule has 0 aliphatic carbocycles. The van der Waals surface area contributed by atoms with Gasteiger partial charge in [-0.15, -0.1) is 0 Å². The van der Waals surface area contributed by atoms with Crippen LogP contribution in [0.5, 0.6) is 5.75 Å². The number of rotatable bonds is 5. The Balaban J connectivity index is 1.70. The second kappa shape index (κ2) is 7.21. The Morgan fingerprint density at radius 2 is 1.80 bits per heavy atom. The number of methoxy groups -OCH3 is 1. The molecule has 2 aromatic carbocycles. The Kier molecular flexibility index (Phi) is 4.84. The highest BCUT2D eigenvalue weighted by atomic mass is 16.5. The Morgan fingerprint density at radius 1 is 1.08 bits per heavy atom. The highest BCUT2D eigenvalue weighted by molar-refractivity contribution is 5.89. The lowest BCUT2D eigenvalue weighted by molar-refractivity contribution is 0.0470. The second-order valence-electron chi connectivity index (χ2n) is 5.77. The lowest BCUT2D eigenvalue weighted by Crippen LogP contribution is -2.07. The van der Waals surface area contributed by atoms with E-state index in [2.05, 4.69) is 5.10 Å². The van der Waals surface area contributed by atoms with Gasteiger partial charge in [0.2, 0.25) is 0 Å². The molecule has 5 heteroatoms. The fourth-order valence-electron chi connectivity index (χ4n) is 2.68. The summed E-state index contributed by atoms with van der Waals surface area (Å²) in [5, 5.41) is 4.44. The number of esters is 1. The normalized spacial score (nSPS) is 10.5. The number of para-hydroxylation sites is 1. The molecular weight excluding hydrogens is 316 g/mol. The van der Waals surface area contributed by atoms with Crippen LogP contribution >= 0.6 is 0 Å². The van der Waals surface area contributed by atoms with Crippen LogP contribution in [0, 0.1) is 13.8 Å². The third-order valence-electron chi connectivity index (χ3n) is 3.91. The lowest BCUT2D eigenvalue weighted by atomic mass is 10.2. The number of ether oxygens (including phenoxy) is 2. The molecule has 0 spiro atoms.